The van der Waals surface area contributed by atoms with Gasteiger partial charge in [-0.2, -0.15) is 10.1 Å². The maximum absolute atomic E-state index is 13.6. The Kier molecular flexibility index (Phi) is 7.31. The second-order valence-corrected chi connectivity index (χ2v) is 12.7. The molecular weight excluding hydrogens is 480 g/mol. The summed E-state index contributed by atoms with van der Waals surface area (Å²) in [4.78, 5) is 23.7. The van der Waals surface area contributed by atoms with Crippen LogP contribution in [0.2, 0.25) is 0 Å². The highest BCUT2D eigenvalue weighted by Gasteiger charge is 2.38. The molecule has 0 spiro atoms. The van der Waals surface area contributed by atoms with Crippen molar-refractivity contribution in [3.63, 3.8) is 0 Å². The number of carbonyl (C=O) groups is 1. The molecule has 2 amide bonds. The van der Waals surface area contributed by atoms with Gasteiger partial charge in [0.25, 0.3) is 0 Å². The lowest BCUT2D eigenvalue weighted by atomic mass is 9.92. The predicted octanol–water partition coefficient (Wildman–Crippen LogP) is 3.08. The number of anilines is 3. The van der Waals surface area contributed by atoms with Gasteiger partial charge in [0.05, 0.1) is 11.5 Å². The highest BCUT2D eigenvalue weighted by atomic mass is 32.2. The molecule has 196 valence electrons. The van der Waals surface area contributed by atoms with Gasteiger partial charge in [-0.15, -0.1) is 0 Å². The maximum Gasteiger partial charge on any atom is 0.318 e. The fourth-order valence-electron chi connectivity index (χ4n) is 5.95. The summed E-state index contributed by atoms with van der Waals surface area (Å²) in [6.07, 6.45) is 11.0. The number of H-pyrrole nitrogens is 1. The summed E-state index contributed by atoms with van der Waals surface area (Å²) in [6.45, 7) is 0. The van der Waals surface area contributed by atoms with Crippen molar-refractivity contribution >= 4 is 33.5 Å². The van der Waals surface area contributed by atoms with E-state index < -0.39 is 9.84 Å². The van der Waals surface area contributed by atoms with E-state index >= 15 is 0 Å². The first-order valence-corrected chi connectivity index (χ1v) is 14.9. The third-order valence-corrected chi connectivity index (χ3v) is 9.57. The number of aromatic amines is 1. The average Bonchev–Trinajstić information content (AvgIpc) is 3.51. The zero-order valence-electron chi connectivity index (χ0n) is 20.5. The number of nitrogens with one attached hydrogen (secondary N) is 3. The Morgan fingerprint density at radius 2 is 1.81 bits per heavy atom. The maximum atomic E-state index is 13.6. The fraction of sp³-hybridized carbons (Fsp3) is 0.667. The summed E-state index contributed by atoms with van der Waals surface area (Å²) < 4.78 is 23.6. The van der Waals surface area contributed by atoms with Crippen LogP contribution in [0.1, 0.15) is 75.8 Å². The molecule has 5 rings (SSSR count). The molecule has 12 heteroatoms. The third kappa shape index (κ3) is 5.91. The summed E-state index contributed by atoms with van der Waals surface area (Å²) >= 11 is 0. The number of nitrogens with two attached hydrogens (primary N) is 1. The van der Waals surface area contributed by atoms with Crippen LogP contribution in [0.5, 0.6) is 0 Å². The lowest BCUT2D eigenvalue weighted by molar-refractivity contribution is 0.120. The molecule has 1 aliphatic heterocycles. The van der Waals surface area contributed by atoms with Crippen LogP contribution in [0.4, 0.5) is 22.4 Å². The minimum atomic E-state index is -2.96. The van der Waals surface area contributed by atoms with Gasteiger partial charge >= 0.3 is 6.03 Å². The number of carbonyl (C=O) groups excluding carboxylic acids is 1. The first-order chi connectivity index (χ1) is 17.4. The lowest BCUT2D eigenvalue weighted by Crippen LogP contribution is -2.54. The van der Waals surface area contributed by atoms with Gasteiger partial charge in [0.15, 0.2) is 5.82 Å². The normalized spacial score (nSPS) is 24.9. The van der Waals surface area contributed by atoms with Crippen LogP contribution in [0, 0.1) is 0 Å². The number of hydrogen-bond donors (Lipinski definition) is 4. The molecule has 2 aromatic rings. The highest BCUT2D eigenvalue weighted by Crippen LogP contribution is 2.39. The molecule has 2 unspecified atom stereocenters. The van der Waals surface area contributed by atoms with Crippen molar-refractivity contribution < 1.29 is 13.2 Å². The van der Waals surface area contributed by atoms with E-state index in [1.165, 1.54) is 6.42 Å². The van der Waals surface area contributed by atoms with Crippen LogP contribution in [0.15, 0.2) is 18.3 Å². The number of nitrogens with zero attached hydrogens (tertiary/aromatic N) is 4. The van der Waals surface area contributed by atoms with Crippen molar-refractivity contribution in [3.05, 3.63) is 24.0 Å². The smallest absolute Gasteiger partial charge is 0.318 e. The molecule has 1 saturated heterocycles. The molecule has 3 fully saturated rings. The van der Waals surface area contributed by atoms with Crippen molar-refractivity contribution in [2.75, 3.05) is 22.6 Å². The van der Waals surface area contributed by atoms with Gasteiger partial charge in [-0.05, 0) is 51.0 Å². The van der Waals surface area contributed by atoms with Gasteiger partial charge in [-0.3, -0.25) is 5.10 Å². The first-order valence-electron chi connectivity index (χ1n) is 13.1. The van der Waals surface area contributed by atoms with E-state index in [2.05, 4.69) is 35.7 Å². The SMILES string of the molecule is Nc1nccc(Nc2cc(C3CCC(N(C(=O)NC4CCS(=O)(=O)CC4)C4CCCCC4)C3)[nH]n2)n1. The van der Waals surface area contributed by atoms with Gasteiger partial charge in [-0.25, -0.2) is 18.2 Å². The van der Waals surface area contributed by atoms with E-state index in [9.17, 15) is 13.2 Å². The lowest BCUT2D eigenvalue weighted by Gasteiger charge is -2.40. The molecule has 11 nitrogen and oxygen atoms in total. The Bertz CT molecular complexity index is 1150. The van der Waals surface area contributed by atoms with Crippen LogP contribution >= 0.6 is 0 Å². The zero-order valence-corrected chi connectivity index (χ0v) is 21.3. The van der Waals surface area contributed by atoms with Crippen LogP contribution in [0.25, 0.3) is 0 Å². The number of amides is 2. The van der Waals surface area contributed by atoms with Crippen molar-refractivity contribution in [3.8, 4) is 0 Å². The average molecular weight is 517 g/mol. The van der Waals surface area contributed by atoms with E-state index in [-0.39, 0.29) is 47.5 Å². The molecule has 3 heterocycles. The Morgan fingerprint density at radius 1 is 1.03 bits per heavy atom. The zero-order chi connectivity index (χ0) is 25.1. The molecule has 5 N–H and O–H groups in total. The Hall–Kier alpha value is -2.89. The molecule has 0 radical (unpaired) electrons. The van der Waals surface area contributed by atoms with E-state index in [1.807, 2.05) is 6.07 Å². The van der Waals surface area contributed by atoms with Crippen LogP contribution in [-0.4, -0.2) is 69.1 Å². The monoisotopic (exact) mass is 516 g/mol. The molecule has 0 aromatic carbocycles. The van der Waals surface area contributed by atoms with Crippen molar-refractivity contribution in [1.82, 2.24) is 30.4 Å². The van der Waals surface area contributed by atoms with E-state index in [1.54, 1.807) is 12.3 Å². The van der Waals surface area contributed by atoms with Crippen molar-refractivity contribution in [1.29, 1.82) is 0 Å². The number of hydrogen-bond acceptors (Lipinski definition) is 8. The number of urea groups is 1. The second-order valence-electron chi connectivity index (χ2n) is 10.4. The van der Waals surface area contributed by atoms with Gasteiger partial charge in [0.1, 0.15) is 15.7 Å². The molecule has 2 saturated carbocycles. The largest absolute Gasteiger partial charge is 0.368 e. The molecule has 2 aliphatic carbocycles. The highest BCUT2D eigenvalue weighted by molar-refractivity contribution is 7.91. The minimum absolute atomic E-state index is 0.0230. The van der Waals surface area contributed by atoms with Crippen molar-refractivity contribution in [2.45, 2.75) is 88.3 Å². The molecule has 2 atom stereocenters. The standard InChI is InChI=1S/C24H36N8O3S/c25-23-26-11-8-21(29-23)28-22-15-20(30-31-22)16-6-7-19(14-16)32(18-4-2-1-3-5-18)24(33)27-17-9-12-36(34,35)13-10-17/h8,11,15-19H,1-7,9-10,12-14H2,(H,27,33)(H4,25,26,28,29,30,31). The van der Waals surface area contributed by atoms with E-state index in [0.717, 1.165) is 50.6 Å². The Balaban J connectivity index is 1.24. The molecule has 2 aromatic heterocycles. The summed E-state index contributed by atoms with van der Waals surface area (Å²) in [5.74, 6) is 2.05. The number of sulfone groups is 1. The third-order valence-electron chi connectivity index (χ3n) is 7.85. The van der Waals surface area contributed by atoms with Crippen LogP contribution in [0.3, 0.4) is 0 Å². The Labute approximate surface area is 211 Å². The summed E-state index contributed by atoms with van der Waals surface area (Å²) in [5, 5.41) is 13.9. The predicted molar refractivity (Wildman–Crippen MR) is 138 cm³/mol. The molecule has 36 heavy (non-hydrogen) atoms. The van der Waals surface area contributed by atoms with Gasteiger partial charge in [0, 0.05) is 42.0 Å². The van der Waals surface area contributed by atoms with Crippen molar-refractivity contribution in [2.24, 2.45) is 0 Å². The Morgan fingerprint density at radius 3 is 2.56 bits per heavy atom. The van der Waals surface area contributed by atoms with Gasteiger partial charge in [-0.1, -0.05) is 19.3 Å². The quantitative estimate of drug-likeness (QED) is 0.456. The minimum Gasteiger partial charge on any atom is -0.368 e. The number of aromatic nitrogens is 4. The summed E-state index contributed by atoms with van der Waals surface area (Å²) in [6, 6.07) is 4.05. The second kappa shape index (κ2) is 10.6. The summed E-state index contributed by atoms with van der Waals surface area (Å²) in [5.41, 5.74) is 6.71. The summed E-state index contributed by atoms with van der Waals surface area (Å²) in [7, 11) is -2.96. The van der Waals surface area contributed by atoms with Crippen LogP contribution in [-0.2, 0) is 9.84 Å². The fourth-order valence-corrected chi connectivity index (χ4v) is 7.44. The van der Waals surface area contributed by atoms with E-state index in [0.29, 0.717) is 24.5 Å². The molecular formula is C24H36N8O3S. The number of nitrogen functional groups attached to an aromatic ring is 1. The topological polar surface area (TPSA) is 159 Å². The van der Waals surface area contributed by atoms with Gasteiger partial charge in [0.2, 0.25) is 5.95 Å². The van der Waals surface area contributed by atoms with Crippen LogP contribution < -0.4 is 16.4 Å². The van der Waals surface area contributed by atoms with E-state index in [4.69, 9.17) is 5.73 Å². The first kappa shape index (κ1) is 24.8. The molecule has 0 bridgehead atoms. The van der Waals surface area contributed by atoms with Gasteiger partial charge < -0.3 is 21.3 Å². The molecule has 3 aliphatic rings. The number of rotatable bonds is 6.